The summed E-state index contributed by atoms with van der Waals surface area (Å²) in [5.74, 6) is -3.11. The van der Waals surface area contributed by atoms with E-state index in [4.69, 9.17) is 5.11 Å². The van der Waals surface area contributed by atoms with Gasteiger partial charge in [0.15, 0.2) is 0 Å². The highest BCUT2D eigenvalue weighted by Crippen LogP contribution is 2.23. The maximum Gasteiger partial charge on any atom is 0.335 e. The summed E-state index contributed by atoms with van der Waals surface area (Å²) in [6.45, 7) is 3.74. The van der Waals surface area contributed by atoms with E-state index in [9.17, 15) is 19.5 Å². The molecule has 3 N–H and O–H groups in total. The predicted molar refractivity (Wildman–Crippen MR) is 86.5 cm³/mol. The number of nitrogens with one attached hydrogen (secondary N) is 1. The van der Waals surface area contributed by atoms with Crippen molar-refractivity contribution in [1.82, 2.24) is 0 Å². The van der Waals surface area contributed by atoms with Crippen molar-refractivity contribution in [2.24, 2.45) is 11.8 Å². The third-order valence-electron chi connectivity index (χ3n) is 3.77. The number of unbranched alkanes of at least 4 members (excludes halogenated alkanes) is 1. The minimum absolute atomic E-state index is 0.0813. The molecule has 23 heavy (non-hydrogen) atoms. The van der Waals surface area contributed by atoms with Gasteiger partial charge >= 0.3 is 11.9 Å². The lowest BCUT2D eigenvalue weighted by molar-refractivity contribution is -0.144. The third-order valence-corrected chi connectivity index (χ3v) is 3.77. The Morgan fingerprint density at radius 1 is 1.22 bits per heavy atom. The second-order valence-corrected chi connectivity index (χ2v) is 5.70. The van der Waals surface area contributed by atoms with Gasteiger partial charge in [-0.15, -0.1) is 0 Å². The Hall–Kier alpha value is -2.37. The van der Waals surface area contributed by atoms with Crippen LogP contribution in [0.4, 0.5) is 5.69 Å². The number of aliphatic carboxylic acids is 1. The maximum atomic E-state index is 12.1. The Morgan fingerprint density at radius 3 is 2.48 bits per heavy atom. The highest BCUT2D eigenvalue weighted by Gasteiger charge is 2.26. The molecule has 0 spiro atoms. The number of carboxylic acid groups (broad SMARTS) is 2. The van der Waals surface area contributed by atoms with E-state index in [0.29, 0.717) is 12.1 Å². The summed E-state index contributed by atoms with van der Waals surface area (Å²) in [5.41, 5.74) is 0.477. The molecule has 0 aromatic heterocycles. The van der Waals surface area contributed by atoms with Gasteiger partial charge in [0, 0.05) is 12.1 Å². The molecule has 2 atom stereocenters. The molecule has 0 aliphatic heterocycles. The van der Waals surface area contributed by atoms with Crippen molar-refractivity contribution in [3.63, 3.8) is 0 Å². The standard InChI is InChI=1S/C17H23NO5/c1-3-4-8-14(17(22)23)11(2)9-15(19)18-13-7-5-6-12(10-13)16(20)21/h5-7,10-11,14H,3-4,8-9H2,1-2H3,(H,18,19)(H,20,21)(H,22,23)/t11-,14+/m1/s1. The van der Waals surface area contributed by atoms with Crippen molar-refractivity contribution in [1.29, 1.82) is 0 Å². The van der Waals surface area contributed by atoms with Crippen LogP contribution >= 0.6 is 0 Å². The van der Waals surface area contributed by atoms with Crippen molar-refractivity contribution in [3.05, 3.63) is 29.8 Å². The van der Waals surface area contributed by atoms with Gasteiger partial charge in [-0.25, -0.2) is 4.79 Å². The number of hydrogen-bond acceptors (Lipinski definition) is 3. The summed E-state index contributed by atoms with van der Waals surface area (Å²) in [5, 5.41) is 20.8. The van der Waals surface area contributed by atoms with Crippen LogP contribution in [0.25, 0.3) is 0 Å². The van der Waals surface area contributed by atoms with Gasteiger partial charge in [0.25, 0.3) is 0 Å². The average molecular weight is 321 g/mol. The Bertz CT molecular complexity index is 570. The zero-order valence-electron chi connectivity index (χ0n) is 13.4. The number of anilines is 1. The van der Waals surface area contributed by atoms with E-state index in [-0.39, 0.29) is 23.8 Å². The fourth-order valence-electron chi connectivity index (χ4n) is 2.45. The SMILES string of the molecule is CCCC[C@H](C(=O)O)[C@H](C)CC(=O)Nc1cccc(C(=O)O)c1. The summed E-state index contributed by atoms with van der Waals surface area (Å²) < 4.78 is 0. The van der Waals surface area contributed by atoms with Gasteiger partial charge < -0.3 is 15.5 Å². The minimum Gasteiger partial charge on any atom is -0.481 e. The quantitative estimate of drug-likeness (QED) is 0.648. The topological polar surface area (TPSA) is 104 Å². The van der Waals surface area contributed by atoms with Crippen LogP contribution < -0.4 is 5.32 Å². The molecule has 1 rings (SSSR count). The fraction of sp³-hybridized carbons (Fsp3) is 0.471. The van der Waals surface area contributed by atoms with Crippen LogP contribution in [0.2, 0.25) is 0 Å². The Balaban J connectivity index is 2.65. The fourth-order valence-corrected chi connectivity index (χ4v) is 2.45. The summed E-state index contributed by atoms with van der Waals surface area (Å²) in [4.78, 5) is 34.3. The number of carboxylic acids is 2. The zero-order chi connectivity index (χ0) is 17.4. The smallest absolute Gasteiger partial charge is 0.335 e. The van der Waals surface area contributed by atoms with Gasteiger partial charge in [-0.05, 0) is 30.5 Å². The van der Waals surface area contributed by atoms with Gasteiger partial charge in [0.05, 0.1) is 11.5 Å². The molecule has 0 aliphatic rings. The predicted octanol–water partition coefficient (Wildman–Crippen LogP) is 3.24. The van der Waals surface area contributed by atoms with Gasteiger partial charge in [-0.1, -0.05) is 32.8 Å². The molecule has 6 heteroatoms. The molecule has 0 aliphatic carbocycles. The molecule has 1 aromatic carbocycles. The minimum atomic E-state index is -1.07. The number of aromatic carboxylic acids is 1. The molecular formula is C17H23NO5. The second kappa shape index (κ2) is 8.92. The van der Waals surface area contributed by atoms with Gasteiger partial charge in [-0.3, -0.25) is 9.59 Å². The highest BCUT2D eigenvalue weighted by molar-refractivity contribution is 5.94. The van der Waals surface area contributed by atoms with Crippen LogP contribution in [-0.4, -0.2) is 28.1 Å². The highest BCUT2D eigenvalue weighted by atomic mass is 16.4. The lowest BCUT2D eigenvalue weighted by atomic mass is 9.87. The average Bonchev–Trinajstić information content (AvgIpc) is 2.47. The first-order valence-electron chi connectivity index (χ1n) is 7.71. The van der Waals surface area contributed by atoms with Gasteiger partial charge in [0.1, 0.15) is 0 Å². The van der Waals surface area contributed by atoms with Crippen molar-refractivity contribution in [2.45, 2.75) is 39.5 Å². The number of amides is 1. The van der Waals surface area contributed by atoms with E-state index in [0.717, 1.165) is 12.8 Å². The summed E-state index contributed by atoms with van der Waals surface area (Å²) in [7, 11) is 0. The van der Waals surface area contributed by atoms with Crippen LogP contribution in [0.15, 0.2) is 24.3 Å². The van der Waals surface area contributed by atoms with E-state index in [1.165, 1.54) is 12.1 Å². The number of carbonyl (C=O) groups excluding carboxylic acids is 1. The van der Waals surface area contributed by atoms with Crippen LogP contribution in [0.1, 0.15) is 49.9 Å². The van der Waals surface area contributed by atoms with Crippen LogP contribution in [0.5, 0.6) is 0 Å². The summed E-state index contributed by atoms with van der Waals surface area (Å²) >= 11 is 0. The second-order valence-electron chi connectivity index (χ2n) is 5.70. The van der Waals surface area contributed by atoms with E-state index in [1.54, 1.807) is 19.1 Å². The van der Waals surface area contributed by atoms with Gasteiger partial charge in [-0.2, -0.15) is 0 Å². The molecule has 0 heterocycles. The normalized spacial score (nSPS) is 13.1. The third kappa shape index (κ3) is 6.10. The number of rotatable bonds is 9. The molecule has 0 saturated carbocycles. The Morgan fingerprint density at radius 2 is 1.91 bits per heavy atom. The largest absolute Gasteiger partial charge is 0.481 e. The number of benzene rings is 1. The molecule has 1 aromatic rings. The summed E-state index contributed by atoms with van der Waals surface area (Å²) in [6.07, 6.45) is 2.35. The molecule has 0 radical (unpaired) electrons. The molecule has 0 unspecified atom stereocenters. The molecule has 0 saturated heterocycles. The van der Waals surface area contributed by atoms with Crippen molar-refractivity contribution < 1.29 is 24.6 Å². The van der Waals surface area contributed by atoms with Crippen LogP contribution in [-0.2, 0) is 9.59 Å². The van der Waals surface area contributed by atoms with E-state index < -0.39 is 17.9 Å². The molecule has 0 fully saturated rings. The van der Waals surface area contributed by atoms with Crippen molar-refractivity contribution in [3.8, 4) is 0 Å². The van der Waals surface area contributed by atoms with E-state index >= 15 is 0 Å². The van der Waals surface area contributed by atoms with Crippen LogP contribution in [0.3, 0.4) is 0 Å². The lowest BCUT2D eigenvalue weighted by Gasteiger charge is -2.19. The van der Waals surface area contributed by atoms with E-state index in [2.05, 4.69) is 5.32 Å². The number of carbonyl (C=O) groups is 3. The van der Waals surface area contributed by atoms with Crippen molar-refractivity contribution >= 4 is 23.5 Å². The lowest BCUT2D eigenvalue weighted by Crippen LogP contribution is -2.26. The number of hydrogen-bond donors (Lipinski definition) is 3. The monoisotopic (exact) mass is 321 g/mol. The molecule has 6 nitrogen and oxygen atoms in total. The first kappa shape index (κ1) is 18.7. The van der Waals surface area contributed by atoms with Gasteiger partial charge in [0.2, 0.25) is 5.91 Å². The Kier molecular flexibility index (Phi) is 7.25. The van der Waals surface area contributed by atoms with Crippen molar-refractivity contribution in [2.75, 3.05) is 5.32 Å². The molecule has 126 valence electrons. The summed E-state index contributed by atoms with van der Waals surface area (Å²) in [6, 6.07) is 5.95. The van der Waals surface area contributed by atoms with E-state index in [1.807, 2.05) is 6.92 Å². The Labute approximate surface area is 135 Å². The molecule has 0 bridgehead atoms. The zero-order valence-corrected chi connectivity index (χ0v) is 13.4. The first-order chi connectivity index (χ1) is 10.8. The molecular weight excluding hydrogens is 298 g/mol. The molecule has 1 amide bonds. The van der Waals surface area contributed by atoms with Crippen LogP contribution in [0, 0.1) is 11.8 Å². The maximum absolute atomic E-state index is 12.1. The first-order valence-corrected chi connectivity index (χ1v) is 7.71.